The third-order valence-electron chi connectivity index (χ3n) is 7.85. The topological polar surface area (TPSA) is 75.7 Å². The fourth-order valence-electron chi connectivity index (χ4n) is 5.98. The summed E-state index contributed by atoms with van der Waals surface area (Å²) in [5.74, 6) is 0.100. The quantitative estimate of drug-likeness (QED) is 0.716. The van der Waals surface area contributed by atoms with Crippen LogP contribution in [0.4, 0.5) is 0 Å². The molecule has 29 heavy (non-hydrogen) atoms. The van der Waals surface area contributed by atoms with E-state index in [1.165, 1.54) is 4.31 Å². The number of nitrogens with zero attached hydrogens (tertiary/aromatic N) is 1. The largest absolute Gasteiger partial charge is 0.296 e. The van der Waals surface area contributed by atoms with Gasteiger partial charge in [0.1, 0.15) is 6.04 Å². The number of hydrogen-bond acceptors (Lipinski definition) is 5. The van der Waals surface area contributed by atoms with Crippen molar-refractivity contribution in [1.29, 1.82) is 0 Å². The van der Waals surface area contributed by atoms with E-state index in [0.717, 1.165) is 24.8 Å². The van der Waals surface area contributed by atoms with Crippen LogP contribution in [0, 0.1) is 22.7 Å². The summed E-state index contributed by atoms with van der Waals surface area (Å²) in [5, 5.41) is 0. The Bertz CT molecular complexity index is 883. The van der Waals surface area contributed by atoms with Crippen LogP contribution in [0.2, 0.25) is 0 Å². The maximum Gasteiger partial charge on any atom is 0.256 e. The number of hydroxylamine groups is 1. The van der Waals surface area contributed by atoms with Crippen molar-refractivity contribution in [3.63, 3.8) is 0 Å². The van der Waals surface area contributed by atoms with Gasteiger partial charge < -0.3 is 0 Å². The normalized spacial score (nSPS) is 32.5. The number of rotatable bonds is 6. The first-order valence-corrected chi connectivity index (χ1v) is 12.2. The maximum absolute atomic E-state index is 13.5. The van der Waals surface area contributed by atoms with Crippen LogP contribution in [0.15, 0.2) is 30.3 Å². The predicted octanol–water partition coefficient (Wildman–Crippen LogP) is 3.10. The molecular formula is C22H32N2O4S. The molecule has 4 atom stereocenters. The van der Waals surface area contributed by atoms with Crippen LogP contribution in [0.3, 0.4) is 0 Å². The minimum atomic E-state index is -3.63. The van der Waals surface area contributed by atoms with Crippen molar-refractivity contribution in [2.75, 3.05) is 5.75 Å². The molecule has 2 saturated carbocycles. The Morgan fingerprint density at radius 3 is 2.59 bits per heavy atom. The van der Waals surface area contributed by atoms with Gasteiger partial charge in [-0.25, -0.2) is 12.7 Å². The van der Waals surface area contributed by atoms with Crippen molar-refractivity contribution < 1.29 is 18.0 Å². The van der Waals surface area contributed by atoms with Gasteiger partial charge in [-0.3, -0.25) is 9.63 Å². The van der Waals surface area contributed by atoms with E-state index in [2.05, 4.69) is 19.3 Å². The lowest BCUT2D eigenvalue weighted by Gasteiger charge is -2.37. The van der Waals surface area contributed by atoms with E-state index in [4.69, 9.17) is 4.84 Å². The third-order valence-corrected chi connectivity index (χ3v) is 9.77. The molecule has 3 fully saturated rings. The van der Waals surface area contributed by atoms with Gasteiger partial charge in [0.05, 0.1) is 18.4 Å². The van der Waals surface area contributed by atoms with Crippen molar-refractivity contribution in [1.82, 2.24) is 9.79 Å². The van der Waals surface area contributed by atoms with Crippen LogP contribution in [-0.2, 0) is 26.3 Å². The molecule has 2 bridgehead atoms. The molecule has 4 rings (SSSR count). The molecule has 1 aromatic rings. The van der Waals surface area contributed by atoms with Crippen molar-refractivity contribution in [2.45, 2.75) is 65.6 Å². The molecule has 0 radical (unpaired) electrons. The summed E-state index contributed by atoms with van der Waals surface area (Å²) in [6.07, 6.45) is 2.74. The first-order chi connectivity index (χ1) is 13.6. The molecule has 6 nitrogen and oxygen atoms in total. The molecular weight excluding hydrogens is 388 g/mol. The van der Waals surface area contributed by atoms with E-state index in [-0.39, 0.29) is 34.4 Å². The van der Waals surface area contributed by atoms with E-state index in [1.54, 1.807) is 0 Å². The lowest BCUT2D eigenvalue weighted by molar-refractivity contribution is -0.138. The average Bonchev–Trinajstić information content (AvgIpc) is 3.13. The second-order valence-corrected chi connectivity index (χ2v) is 11.7. The predicted molar refractivity (Wildman–Crippen MR) is 111 cm³/mol. The maximum atomic E-state index is 13.5. The minimum Gasteiger partial charge on any atom is -0.296 e. The summed E-state index contributed by atoms with van der Waals surface area (Å²) in [5.41, 5.74) is 3.49. The van der Waals surface area contributed by atoms with Gasteiger partial charge in [-0.1, -0.05) is 58.0 Å². The molecule has 1 spiro atoms. The molecule has 1 amide bonds. The molecule has 1 unspecified atom stereocenters. The third kappa shape index (κ3) is 3.13. The molecule has 0 aromatic heterocycles. The second-order valence-electron chi connectivity index (χ2n) is 9.87. The number of hydrogen-bond donors (Lipinski definition) is 1. The monoisotopic (exact) mass is 420 g/mol. The van der Waals surface area contributed by atoms with Crippen molar-refractivity contribution in [3.05, 3.63) is 35.9 Å². The highest BCUT2D eigenvalue weighted by Crippen LogP contribution is 2.70. The molecule has 1 heterocycles. The van der Waals surface area contributed by atoms with E-state index < -0.39 is 16.1 Å². The van der Waals surface area contributed by atoms with Gasteiger partial charge in [0, 0.05) is 5.41 Å². The number of benzene rings is 1. The highest BCUT2D eigenvalue weighted by Gasteiger charge is 2.72. The Balaban J connectivity index is 1.53. The number of sulfonamides is 1. The molecule has 160 valence electrons. The Kier molecular flexibility index (Phi) is 5.07. The van der Waals surface area contributed by atoms with Crippen LogP contribution in [0.25, 0.3) is 0 Å². The summed E-state index contributed by atoms with van der Waals surface area (Å²) in [4.78, 5) is 19.1. The van der Waals surface area contributed by atoms with E-state index in [9.17, 15) is 13.2 Å². The van der Waals surface area contributed by atoms with Gasteiger partial charge in [0.15, 0.2) is 0 Å². The van der Waals surface area contributed by atoms with Crippen LogP contribution in [0.5, 0.6) is 0 Å². The lowest BCUT2D eigenvalue weighted by Crippen LogP contribution is -2.53. The fraction of sp³-hybridized carbons (Fsp3) is 0.682. The second kappa shape index (κ2) is 7.06. The van der Waals surface area contributed by atoms with E-state index in [0.29, 0.717) is 12.5 Å². The van der Waals surface area contributed by atoms with Crippen LogP contribution >= 0.6 is 0 Å². The number of carbonyl (C=O) groups excluding carboxylic acids is 1. The van der Waals surface area contributed by atoms with Gasteiger partial charge in [-0.05, 0) is 42.1 Å². The Morgan fingerprint density at radius 1 is 1.28 bits per heavy atom. The van der Waals surface area contributed by atoms with E-state index in [1.807, 2.05) is 44.2 Å². The van der Waals surface area contributed by atoms with Crippen LogP contribution < -0.4 is 5.48 Å². The van der Waals surface area contributed by atoms with Gasteiger partial charge in [-0.15, -0.1) is 0 Å². The Labute approximate surface area is 174 Å². The Hall–Kier alpha value is -1.44. The molecule has 2 aliphatic carbocycles. The Morgan fingerprint density at radius 2 is 1.97 bits per heavy atom. The number of carbonyl (C=O) groups is 1. The zero-order valence-electron chi connectivity index (χ0n) is 17.7. The number of fused-ring (bicyclic) bond motifs is 1. The first kappa shape index (κ1) is 20.8. The number of amides is 1. The molecule has 1 aliphatic heterocycles. The zero-order chi connectivity index (χ0) is 21.0. The van der Waals surface area contributed by atoms with Gasteiger partial charge >= 0.3 is 0 Å². The summed E-state index contributed by atoms with van der Waals surface area (Å²) in [6, 6.07) is 8.76. The van der Waals surface area contributed by atoms with Gasteiger partial charge in [0.25, 0.3) is 5.91 Å². The summed E-state index contributed by atoms with van der Waals surface area (Å²) in [7, 11) is -3.63. The van der Waals surface area contributed by atoms with Crippen molar-refractivity contribution in [3.8, 4) is 0 Å². The summed E-state index contributed by atoms with van der Waals surface area (Å²) in [6.45, 7) is 8.51. The van der Waals surface area contributed by atoms with E-state index >= 15 is 0 Å². The molecule has 3 aliphatic rings. The minimum absolute atomic E-state index is 0.0513. The SMILES string of the molecule is CC(C)[C@@H](NOCc1ccccc1)C(=O)N1[C@H]2CC3CC[C@]2(CS1(=O)=O)C3(C)C. The molecule has 1 aromatic carbocycles. The standard InChI is InChI=1S/C22H32N2O4S/c1-15(2)19(23-28-13-16-8-6-5-7-9-16)20(25)24-18-12-17-10-11-22(18,21(17,3)4)14-29(24,26)27/h5-9,15,17-19,23H,10-14H2,1-4H3/t17?,18-,19+,22+/m0/s1. The molecule has 7 heteroatoms. The summed E-state index contributed by atoms with van der Waals surface area (Å²) < 4.78 is 27.5. The summed E-state index contributed by atoms with van der Waals surface area (Å²) >= 11 is 0. The average molecular weight is 421 g/mol. The van der Waals surface area contributed by atoms with Crippen LogP contribution in [0.1, 0.15) is 52.5 Å². The molecule has 1 saturated heterocycles. The molecule has 1 N–H and O–H groups in total. The van der Waals surface area contributed by atoms with Crippen molar-refractivity contribution >= 4 is 15.9 Å². The van der Waals surface area contributed by atoms with Crippen LogP contribution in [-0.4, -0.2) is 36.5 Å². The van der Waals surface area contributed by atoms with Gasteiger partial charge in [0.2, 0.25) is 10.0 Å². The first-order valence-electron chi connectivity index (χ1n) is 10.6. The number of nitrogens with one attached hydrogen (secondary N) is 1. The zero-order valence-corrected chi connectivity index (χ0v) is 18.5. The van der Waals surface area contributed by atoms with Crippen molar-refractivity contribution in [2.24, 2.45) is 22.7 Å². The highest BCUT2D eigenvalue weighted by atomic mass is 32.2. The lowest BCUT2D eigenvalue weighted by atomic mass is 9.69. The smallest absolute Gasteiger partial charge is 0.256 e. The fourth-order valence-corrected chi connectivity index (χ4v) is 8.54. The highest BCUT2D eigenvalue weighted by molar-refractivity contribution is 7.90. The van der Waals surface area contributed by atoms with Gasteiger partial charge in [-0.2, -0.15) is 5.48 Å².